The molecule has 0 saturated heterocycles. The third-order valence-electron chi connectivity index (χ3n) is 3.79. The molecule has 1 aliphatic rings. The Kier molecular flexibility index (Phi) is 5.46. The van der Waals surface area contributed by atoms with Crippen LogP contribution in [0.5, 0.6) is 0 Å². The Morgan fingerprint density at radius 1 is 1.36 bits per heavy atom. The quantitative estimate of drug-likeness (QED) is 0.792. The van der Waals surface area contributed by atoms with Crippen LogP contribution in [0.4, 0.5) is 10.5 Å². The summed E-state index contributed by atoms with van der Waals surface area (Å²) in [6, 6.07) is 6.61. The van der Waals surface area contributed by atoms with Crippen LogP contribution in [-0.2, 0) is 11.2 Å². The van der Waals surface area contributed by atoms with Gasteiger partial charge in [-0.3, -0.25) is 5.32 Å². The Bertz CT molecular complexity index is 520. The maximum atomic E-state index is 11.8. The van der Waals surface area contributed by atoms with E-state index in [4.69, 9.17) is 4.74 Å². The van der Waals surface area contributed by atoms with Crippen molar-refractivity contribution in [3.05, 3.63) is 29.3 Å². The lowest BCUT2D eigenvalue weighted by Gasteiger charge is -2.20. The van der Waals surface area contributed by atoms with Crippen LogP contribution < -0.4 is 10.6 Å². The van der Waals surface area contributed by atoms with Gasteiger partial charge in [0, 0.05) is 11.7 Å². The standard InChI is InChI=1S/C18H28N2O2/c1-5-6-11-19-16-10-7-13-12-14(8-9-15(13)16)20-17(21)22-18(2,3)4/h8-9,12,16,19H,5-7,10-11H2,1-4H3,(H,20,21). The Hall–Kier alpha value is -1.55. The third-order valence-corrected chi connectivity index (χ3v) is 3.79. The van der Waals surface area contributed by atoms with Crippen LogP contribution in [-0.4, -0.2) is 18.2 Å². The molecule has 0 aromatic heterocycles. The number of unbranched alkanes of at least 4 members (excludes halogenated alkanes) is 1. The molecular formula is C18H28N2O2. The summed E-state index contributed by atoms with van der Waals surface area (Å²) in [5.41, 5.74) is 3.02. The summed E-state index contributed by atoms with van der Waals surface area (Å²) < 4.78 is 5.29. The number of carbonyl (C=O) groups excluding carboxylic acids is 1. The molecule has 1 unspecified atom stereocenters. The summed E-state index contributed by atoms with van der Waals surface area (Å²) in [6.07, 6.45) is 4.22. The lowest BCUT2D eigenvalue weighted by atomic mass is 10.1. The number of ether oxygens (including phenoxy) is 1. The lowest BCUT2D eigenvalue weighted by molar-refractivity contribution is 0.0636. The number of fused-ring (bicyclic) bond motifs is 1. The number of hydrogen-bond acceptors (Lipinski definition) is 3. The molecule has 1 aromatic rings. The molecule has 1 aromatic carbocycles. The van der Waals surface area contributed by atoms with Crippen molar-refractivity contribution in [1.82, 2.24) is 5.32 Å². The number of amides is 1. The molecule has 0 aliphatic heterocycles. The predicted molar refractivity (Wildman–Crippen MR) is 90.3 cm³/mol. The van der Waals surface area contributed by atoms with E-state index in [2.05, 4.69) is 29.7 Å². The van der Waals surface area contributed by atoms with E-state index in [0.29, 0.717) is 6.04 Å². The highest BCUT2D eigenvalue weighted by Gasteiger charge is 2.22. The largest absolute Gasteiger partial charge is 0.444 e. The zero-order valence-corrected chi connectivity index (χ0v) is 14.2. The molecule has 1 aliphatic carbocycles. The first kappa shape index (κ1) is 16.8. The fourth-order valence-corrected chi connectivity index (χ4v) is 2.78. The Balaban J connectivity index is 1.96. The molecule has 0 fully saturated rings. The zero-order valence-electron chi connectivity index (χ0n) is 14.2. The van der Waals surface area contributed by atoms with Crippen molar-refractivity contribution in [2.45, 2.75) is 65.0 Å². The average Bonchev–Trinajstić information content (AvgIpc) is 2.79. The normalized spacial score (nSPS) is 17.2. The topological polar surface area (TPSA) is 50.4 Å². The highest BCUT2D eigenvalue weighted by atomic mass is 16.6. The molecule has 0 heterocycles. The van der Waals surface area contributed by atoms with Crippen molar-refractivity contribution in [3.8, 4) is 0 Å². The predicted octanol–water partition coefficient (Wildman–Crippen LogP) is 4.41. The van der Waals surface area contributed by atoms with E-state index in [1.165, 1.54) is 24.0 Å². The molecular weight excluding hydrogens is 276 g/mol. The molecule has 2 rings (SSSR count). The minimum absolute atomic E-state index is 0.400. The SMILES string of the molecule is CCCCNC1CCc2cc(NC(=O)OC(C)(C)C)ccc21. The zero-order chi connectivity index (χ0) is 16.2. The van der Waals surface area contributed by atoms with Gasteiger partial charge in [-0.1, -0.05) is 19.4 Å². The first-order valence-electron chi connectivity index (χ1n) is 8.25. The molecule has 0 saturated carbocycles. The first-order chi connectivity index (χ1) is 10.4. The van der Waals surface area contributed by atoms with Gasteiger partial charge < -0.3 is 10.1 Å². The smallest absolute Gasteiger partial charge is 0.412 e. The fraction of sp³-hybridized carbons (Fsp3) is 0.611. The number of aryl methyl sites for hydroxylation is 1. The number of nitrogens with one attached hydrogen (secondary N) is 2. The molecule has 0 radical (unpaired) electrons. The molecule has 4 nitrogen and oxygen atoms in total. The number of anilines is 1. The van der Waals surface area contributed by atoms with Crippen molar-refractivity contribution in [1.29, 1.82) is 0 Å². The van der Waals surface area contributed by atoms with E-state index in [-0.39, 0.29) is 0 Å². The molecule has 0 spiro atoms. The van der Waals surface area contributed by atoms with Gasteiger partial charge >= 0.3 is 6.09 Å². The molecule has 122 valence electrons. The van der Waals surface area contributed by atoms with Gasteiger partial charge in [0.15, 0.2) is 0 Å². The number of rotatable bonds is 5. The van der Waals surface area contributed by atoms with Gasteiger partial charge in [0.2, 0.25) is 0 Å². The average molecular weight is 304 g/mol. The number of benzene rings is 1. The van der Waals surface area contributed by atoms with E-state index >= 15 is 0 Å². The van der Waals surface area contributed by atoms with E-state index in [0.717, 1.165) is 25.1 Å². The van der Waals surface area contributed by atoms with Crippen LogP contribution in [0, 0.1) is 0 Å². The highest BCUT2D eigenvalue weighted by Crippen LogP contribution is 2.33. The van der Waals surface area contributed by atoms with Gasteiger partial charge in [0.25, 0.3) is 0 Å². The fourth-order valence-electron chi connectivity index (χ4n) is 2.78. The van der Waals surface area contributed by atoms with Crippen molar-refractivity contribution in [3.63, 3.8) is 0 Å². The Morgan fingerprint density at radius 2 is 2.14 bits per heavy atom. The van der Waals surface area contributed by atoms with Crippen LogP contribution in [0.25, 0.3) is 0 Å². The second kappa shape index (κ2) is 7.14. The molecule has 1 amide bonds. The van der Waals surface area contributed by atoms with Crippen LogP contribution in [0.15, 0.2) is 18.2 Å². The van der Waals surface area contributed by atoms with Crippen molar-refractivity contribution >= 4 is 11.8 Å². The molecule has 22 heavy (non-hydrogen) atoms. The van der Waals surface area contributed by atoms with Crippen molar-refractivity contribution in [2.24, 2.45) is 0 Å². The summed E-state index contributed by atoms with van der Waals surface area (Å²) in [6.45, 7) is 8.86. The monoisotopic (exact) mass is 304 g/mol. The van der Waals surface area contributed by atoms with Gasteiger partial charge in [0.1, 0.15) is 5.60 Å². The Morgan fingerprint density at radius 3 is 2.82 bits per heavy atom. The van der Waals surface area contributed by atoms with Crippen LogP contribution in [0.2, 0.25) is 0 Å². The first-order valence-corrected chi connectivity index (χ1v) is 8.25. The van der Waals surface area contributed by atoms with E-state index in [9.17, 15) is 4.79 Å². The van der Waals surface area contributed by atoms with Gasteiger partial charge in [-0.05, 0) is 69.8 Å². The van der Waals surface area contributed by atoms with Crippen molar-refractivity contribution in [2.75, 3.05) is 11.9 Å². The van der Waals surface area contributed by atoms with E-state index in [1.807, 2.05) is 26.8 Å². The second-order valence-corrected chi connectivity index (χ2v) is 6.94. The van der Waals surface area contributed by atoms with Gasteiger partial charge in [0.05, 0.1) is 0 Å². The summed E-state index contributed by atoms with van der Waals surface area (Å²) >= 11 is 0. The molecule has 0 bridgehead atoms. The van der Waals surface area contributed by atoms with Crippen LogP contribution in [0.1, 0.15) is 64.1 Å². The lowest BCUT2D eigenvalue weighted by Crippen LogP contribution is -2.27. The molecule has 4 heteroatoms. The Labute approximate surface area is 133 Å². The number of hydrogen-bond donors (Lipinski definition) is 2. The van der Waals surface area contributed by atoms with Gasteiger partial charge in [-0.25, -0.2) is 4.79 Å². The van der Waals surface area contributed by atoms with Gasteiger partial charge in [-0.2, -0.15) is 0 Å². The highest BCUT2D eigenvalue weighted by molar-refractivity contribution is 5.85. The number of carbonyl (C=O) groups is 1. The summed E-state index contributed by atoms with van der Waals surface area (Å²) in [7, 11) is 0. The minimum atomic E-state index is -0.477. The third kappa shape index (κ3) is 4.73. The molecule has 1 atom stereocenters. The molecule has 2 N–H and O–H groups in total. The van der Waals surface area contributed by atoms with E-state index in [1.54, 1.807) is 0 Å². The second-order valence-electron chi connectivity index (χ2n) is 6.94. The maximum absolute atomic E-state index is 11.8. The summed E-state index contributed by atoms with van der Waals surface area (Å²) in [5, 5.41) is 6.43. The van der Waals surface area contributed by atoms with E-state index < -0.39 is 11.7 Å². The summed E-state index contributed by atoms with van der Waals surface area (Å²) in [4.78, 5) is 11.8. The van der Waals surface area contributed by atoms with Crippen molar-refractivity contribution < 1.29 is 9.53 Å². The summed E-state index contributed by atoms with van der Waals surface area (Å²) in [5.74, 6) is 0. The van der Waals surface area contributed by atoms with Crippen LogP contribution >= 0.6 is 0 Å². The minimum Gasteiger partial charge on any atom is -0.444 e. The van der Waals surface area contributed by atoms with Crippen LogP contribution in [0.3, 0.4) is 0 Å². The maximum Gasteiger partial charge on any atom is 0.412 e. The van der Waals surface area contributed by atoms with Gasteiger partial charge in [-0.15, -0.1) is 0 Å².